The quantitative estimate of drug-likeness (QED) is 0.190. The number of carbonyl (C=O) groups is 2. The number of anilines is 3. The van der Waals surface area contributed by atoms with Crippen molar-refractivity contribution in [3.8, 4) is 0 Å². The molecule has 1 heterocycles. The van der Waals surface area contributed by atoms with Crippen molar-refractivity contribution in [1.82, 2.24) is 4.98 Å². The molecule has 2 aromatic carbocycles. The van der Waals surface area contributed by atoms with Gasteiger partial charge in [0.25, 0.3) is 11.8 Å². The summed E-state index contributed by atoms with van der Waals surface area (Å²) in [6.45, 7) is 2.96. The van der Waals surface area contributed by atoms with Crippen molar-refractivity contribution in [2.24, 2.45) is 10.7 Å². The van der Waals surface area contributed by atoms with Gasteiger partial charge in [0, 0.05) is 30.0 Å². The molecule has 184 valence electrons. The second-order valence-electron chi connectivity index (χ2n) is 7.38. The highest BCUT2D eigenvalue weighted by Crippen LogP contribution is 2.31. The molecule has 0 saturated heterocycles. The average Bonchev–Trinajstić information content (AvgIpc) is 3.29. The molecule has 5 N–H and O–H groups in total. The predicted molar refractivity (Wildman–Crippen MR) is 131 cm³/mol. The topological polar surface area (TPSA) is 122 Å². The van der Waals surface area contributed by atoms with Crippen LogP contribution in [0.1, 0.15) is 37.6 Å². The maximum atomic E-state index is 12.9. The molecular formula is C23H23F3N6O2S. The standard InChI is InChI=1S/C23H23F3N6O2S/c1-14-6-7-15(20(33)31-17-5-2-4-16(11-17)23(24,25)26)10-18(14)32-21(34)19-12-30-22(35-19)29-9-3-8-28-13-27/h2,4-7,10-13H,3,8-9H2,1H3,(H2,27,28)(H,29,30)(H,31,33)(H,32,34). The van der Waals surface area contributed by atoms with E-state index in [-0.39, 0.29) is 11.3 Å². The van der Waals surface area contributed by atoms with Gasteiger partial charge in [0.2, 0.25) is 0 Å². The van der Waals surface area contributed by atoms with Gasteiger partial charge in [0.05, 0.1) is 18.1 Å². The Hall–Kier alpha value is -3.93. The Morgan fingerprint density at radius 3 is 2.69 bits per heavy atom. The highest BCUT2D eigenvalue weighted by molar-refractivity contribution is 7.17. The number of hydrogen-bond acceptors (Lipinski definition) is 6. The zero-order valence-electron chi connectivity index (χ0n) is 18.6. The first-order chi connectivity index (χ1) is 16.7. The van der Waals surface area contributed by atoms with Crippen LogP contribution in [0.25, 0.3) is 0 Å². The molecule has 3 rings (SSSR count). The fraction of sp³-hybridized carbons (Fsp3) is 0.217. The highest BCUT2D eigenvalue weighted by Gasteiger charge is 2.30. The Morgan fingerprint density at radius 1 is 1.14 bits per heavy atom. The van der Waals surface area contributed by atoms with E-state index in [2.05, 4.69) is 25.9 Å². The molecule has 0 spiro atoms. The SMILES string of the molecule is Cc1ccc(C(=O)Nc2cccc(C(F)(F)F)c2)cc1NC(=O)c1cnc(NCCCN=CN)s1. The summed E-state index contributed by atoms with van der Waals surface area (Å²) in [4.78, 5) is 33.8. The van der Waals surface area contributed by atoms with Crippen LogP contribution in [0, 0.1) is 6.92 Å². The van der Waals surface area contributed by atoms with E-state index < -0.39 is 23.6 Å². The minimum absolute atomic E-state index is 0.00973. The molecular weight excluding hydrogens is 481 g/mol. The third kappa shape index (κ3) is 7.27. The lowest BCUT2D eigenvalue weighted by Gasteiger charge is -2.12. The van der Waals surface area contributed by atoms with Crippen molar-refractivity contribution in [3.63, 3.8) is 0 Å². The number of alkyl halides is 3. The summed E-state index contributed by atoms with van der Waals surface area (Å²) in [6, 6.07) is 8.99. The number of aromatic nitrogens is 1. The third-order valence-corrected chi connectivity index (χ3v) is 5.72. The lowest BCUT2D eigenvalue weighted by molar-refractivity contribution is -0.137. The molecule has 3 aromatic rings. The van der Waals surface area contributed by atoms with Gasteiger partial charge in [0.1, 0.15) is 4.88 Å². The van der Waals surface area contributed by atoms with E-state index in [0.717, 1.165) is 18.6 Å². The van der Waals surface area contributed by atoms with Gasteiger partial charge < -0.3 is 21.7 Å². The summed E-state index contributed by atoms with van der Waals surface area (Å²) >= 11 is 1.18. The molecule has 0 aliphatic heterocycles. The number of nitrogens with two attached hydrogens (primary N) is 1. The molecule has 8 nitrogen and oxygen atoms in total. The average molecular weight is 505 g/mol. The van der Waals surface area contributed by atoms with Gasteiger partial charge in [-0.1, -0.05) is 23.5 Å². The fourth-order valence-corrected chi connectivity index (χ4v) is 3.70. The Bertz CT molecular complexity index is 1230. The summed E-state index contributed by atoms with van der Waals surface area (Å²) in [7, 11) is 0. The van der Waals surface area contributed by atoms with Crippen LogP contribution in [0.5, 0.6) is 0 Å². The number of thiazole rings is 1. The molecule has 0 bridgehead atoms. The molecule has 0 saturated carbocycles. The number of carbonyl (C=O) groups excluding carboxylic acids is 2. The van der Waals surface area contributed by atoms with Gasteiger partial charge in [-0.2, -0.15) is 13.2 Å². The number of benzene rings is 2. The van der Waals surface area contributed by atoms with E-state index >= 15 is 0 Å². The van der Waals surface area contributed by atoms with Gasteiger partial charge in [-0.15, -0.1) is 0 Å². The van der Waals surface area contributed by atoms with E-state index in [1.807, 2.05) is 0 Å². The Morgan fingerprint density at radius 2 is 1.94 bits per heavy atom. The van der Waals surface area contributed by atoms with Crippen molar-refractivity contribution >= 4 is 46.0 Å². The first-order valence-electron chi connectivity index (χ1n) is 10.5. The van der Waals surface area contributed by atoms with Crippen molar-refractivity contribution in [3.05, 3.63) is 70.2 Å². The number of hydrogen-bond donors (Lipinski definition) is 4. The van der Waals surface area contributed by atoms with Crippen LogP contribution < -0.4 is 21.7 Å². The molecule has 35 heavy (non-hydrogen) atoms. The van der Waals surface area contributed by atoms with Crippen LogP contribution in [0.4, 0.5) is 29.7 Å². The highest BCUT2D eigenvalue weighted by atomic mass is 32.1. The summed E-state index contributed by atoms with van der Waals surface area (Å²) in [5.41, 5.74) is 5.61. The van der Waals surface area contributed by atoms with Gasteiger partial charge >= 0.3 is 6.18 Å². The van der Waals surface area contributed by atoms with E-state index in [1.54, 1.807) is 13.0 Å². The fourth-order valence-electron chi connectivity index (χ4n) is 2.96. The van der Waals surface area contributed by atoms with E-state index in [4.69, 9.17) is 5.73 Å². The minimum atomic E-state index is -4.52. The largest absolute Gasteiger partial charge is 0.416 e. The van der Waals surface area contributed by atoms with Crippen LogP contribution in [-0.4, -0.2) is 36.2 Å². The van der Waals surface area contributed by atoms with Crippen molar-refractivity contribution < 1.29 is 22.8 Å². The summed E-state index contributed by atoms with van der Waals surface area (Å²) in [6.07, 6.45) is -1.08. The Labute approximate surface area is 203 Å². The van der Waals surface area contributed by atoms with Crippen LogP contribution in [-0.2, 0) is 6.18 Å². The maximum absolute atomic E-state index is 12.9. The summed E-state index contributed by atoms with van der Waals surface area (Å²) < 4.78 is 38.8. The number of nitrogens with one attached hydrogen (secondary N) is 3. The van der Waals surface area contributed by atoms with Crippen molar-refractivity contribution in [2.75, 3.05) is 29.0 Å². The Balaban J connectivity index is 1.65. The maximum Gasteiger partial charge on any atom is 0.416 e. The molecule has 0 fully saturated rings. The minimum Gasteiger partial charge on any atom is -0.390 e. The molecule has 1 aromatic heterocycles. The lowest BCUT2D eigenvalue weighted by atomic mass is 10.1. The number of halogens is 3. The molecule has 0 aliphatic rings. The molecule has 0 radical (unpaired) electrons. The van der Waals surface area contributed by atoms with E-state index in [9.17, 15) is 22.8 Å². The number of rotatable bonds is 9. The molecule has 0 aliphatic carbocycles. The van der Waals surface area contributed by atoms with Crippen molar-refractivity contribution in [2.45, 2.75) is 19.5 Å². The van der Waals surface area contributed by atoms with Crippen LogP contribution in [0.15, 0.2) is 53.7 Å². The number of aryl methyl sites for hydroxylation is 1. The first-order valence-corrected chi connectivity index (χ1v) is 11.3. The third-order valence-electron chi connectivity index (χ3n) is 4.77. The normalized spacial score (nSPS) is 11.4. The molecule has 0 unspecified atom stereocenters. The first kappa shape index (κ1) is 25.7. The summed E-state index contributed by atoms with van der Waals surface area (Å²) in [5, 5.41) is 8.89. The zero-order valence-corrected chi connectivity index (χ0v) is 19.5. The summed E-state index contributed by atoms with van der Waals surface area (Å²) in [5.74, 6) is -1.01. The molecule has 12 heteroatoms. The zero-order chi connectivity index (χ0) is 25.4. The smallest absolute Gasteiger partial charge is 0.390 e. The second kappa shape index (κ2) is 11.5. The van der Waals surface area contributed by atoms with Crippen molar-refractivity contribution in [1.29, 1.82) is 0 Å². The van der Waals surface area contributed by atoms with Gasteiger partial charge in [-0.3, -0.25) is 14.6 Å². The van der Waals surface area contributed by atoms with E-state index in [0.29, 0.717) is 34.3 Å². The van der Waals surface area contributed by atoms with E-state index in [1.165, 1.54) is 48.1 Å². The van der Waals surface area contributed by atoms with Gasteiger partial charge in [-0.25, -0.2) is 4.98 Å². The Kier molecular flexibility index (Phi) is 8.42. The lowest BCUT2D eigenvalue weighted by Crippen LogP contribution is -2.15. The van der Waals surface area contributed by atoms with Gasteiger partial charge in [-0.05, 0) is 49.2 Å². The van der Waals surface area contributed by atoms with Crippen LogP contribution in [0.3, 0.4) is 0 Å². The van der Waals surface area contributed by atoms with Gasteiger partial charge in [0.15, 0.2) is 5.13 Å². The monoisotopic (exact) mass is 504 g/mol. The number of aliphatic imine (C=N–C) groups is 1. The van der Waals surface area contributed by atoms with Crippen LogP contribution in [0.2, 0.25) is 0 Å². The predicted octanol–water partition coefficient (Wildman–Crippen LogP) is 4.76. The number of nitrogens with zero attached hydrogens (tertiary/aromatic N) is 2. The molecule has 0 atom stereocenters. The number of amides is 2. The van der Waals surface area contributed by atoms with Crippen LogP contribution >= 0.6 is 11.3 Å². The second-order valence-corrected chi connectivity index (χ2v) is 8.41. The molecule has 2 amide bonds.